The summed E-state index contributed by atoms with van der Waals surface area (Å²) in [5.41, 5.74) is 0.613. The zero-order valence-corrected chi connectivity index (χ0v) is 19.8. The smallest absolute Gasteiger partial charge is 0.322 e. The van der Waals surface area contributed by atoms with Crippen molar-refractivity contribution in [2.75, 3.05) is 37.3 Å². The van der Waals surface area contributed by atoms with Crippen LogP contribution in [0.15, 0.2) is 53.4 Å². The molecule has 2 N–H and O–H groups in total. The van der Waals surface area contributed by atoms with E-state index in [0.717, 1.165) is 22.9 Å². The van der Waals surface area contributed by atoms with Crippen LogP contribution >= 0.6 is 11.8 Å². The summed E-state index contributed by atoms with van der Waals surface area (Å²) in [7, 11) is 1.77. The normalized spacial score (nSPS) is 21.7. The Balaban J connectivity index is 1.44. The summed E-state index contributed by atoms with van der Waals surface area (Å²) in [6.07, 6.45) is -0.148. The number of likely N-dealkylation sites (N-methyl/N-ethyl adjacent to an activating group) is 2. The molecule has 8 nitrogen and oxygen atoms in total. The predicted molar refractivity (Wildman–Crippen MR) is 128 cm³/mol. The Morgan fingerprint density at radius 3 is 2.67 bits per heavy atom. The van der Waals surface area contributed by atoms with Crippen molar-refractivity contribution < 1.29 is 19.1 Å². The number of benzene rings is 2. The van der Waals surface area contributed by atoms with E-state index in [-0.39, 0.29) is 17.9 Å². The molecule has 2 aromatic rings. The molecule has 2 aromatic carbocycles. The van der Waals surface area contributed by atoms with E-state index in [1.54, 1.807) is 24.9 Å². The maximum absolute atomic E-state index is 13.3. The number of nitrogens with zero attached hydrogens (tertiary/aromatic N) is 2. The van der Waals surface area contributed by atoms with Crippen LogP contribution in [-0.2, 0) is 4.79 Å². The number of rotatable bonds is 7. The van der Waals surface area contributed by atoms with Crippen molar-refractivity contribution in [2.24, 2.45) is 0 Å². The highest BCUT2D eigenvalue weighted by atomic mass is 32.2. The van der Waals surface area contributed by atoms with Crippen molar-refractivity contribution in [3.8, 4) is 5.75 Å². The molecule has 4 rings (SSSR count). The number of anilines is 1. The Bertz CT molecular complexity index is 1080. The van der Waals surface area contributed by atoms with E-state index in [0.29, 0.717) is 24.4 Å². The molecular weight excluding hydrogens is 440 g/mol. The first-order valence-corrected chi connectivity index (χ1v) is 11.9. The lowest BCUT2D eigenvalue weighted by Gasteiger charge is -2.37. The van der Waals surface area contributed by atoms with Gasteiger partial charge in [0, 0.05) is 24.2 Å². The number of para-hydroxylation sites is 2. The van der Waals surface area contributed by atoms with Crippen molar-refractivity contribution in [1.29, 1.82) is 0 Å². The van der Waals surface area contributed by atoms with E-state index in [1.165, 1.54) is 11.8 Å². The average molecular weight is 469 g/mol. The summed E-state index contributed by atoms with van der Waals surface area (Å²) in [4.78, 5) is 41.7. The first-order valence-electron chi connectivity index (χ1n) is 10.9. The molecule has 2 aliphatic heterocycles. The van der Waals surface area contributed by atoms with E-state index in [2.05, 4.69) is 22.5 Å². The highest BCUT2D eigenvalue weighted by Gasteiger charge is 2.42. The average Bonchev–Trinajstić information content (AvgIpc) is 3.07. The zero-order chi connectivity index (χ0) is 23.6. The van der Waals surface area contributed by atoms with Gasteiger partial charge in [-0.2, -0.15) is 0 Å². The molecule has 0 aliphatic carbocycles. The highest BCUT2D eigenvalue weighted by Crippen LogP contribution is 2.33. The number of fused-ring (bicyclic) bond motifs is 1. The number of hydrogen-bond acceptors (Lipinski definition) is 6. The molecule has 0 saturated carbocycles. The molecule has 1 fully saturated rings. The van der Waals surface area contributed by atoms with Crippen molar-refractivity contribution in [2.45, 2.75) is 30.4 Å². The second-order valence-corrected chi connectivity index (χ2v) is 9.47. The van der Waals surface area contributed by atoms with Gasteiger partial charge in [0.25, 0.3) is 11.8 Å². The van der Waals surface area contributed by atoms with Gasteiger partial charge in [0.05, 0.1) is 24.3 Å². The number of ether oxygens (including phenoxy) is 1. The summed E-state index contributed by atoms with van der Waals surface area (Å²) in [6.45, 7) is 5.79. The topological polar surface area (TPSA) is 91.0 Å². The Labute approximate surface area is 197 Å². The number of urea groups is 1. The maximum atomic E-state index is 13.3. The van der Waals surface area contributed by atoms with Gasteiger partial charge in [-0.1, -0.05) is 24.3 Å². The van der Waals surface area contributed by atoms with Gasteiger partial charge in [0.1, 0.15) is 17.4 Å². The number of thioether (sulfide) groups is 1. The molecule has 33 heavy (non-hydrogen) atoms. The van der Waals surface area contributed by atoms with Crippen LogP contribution in [-0.4, -0.2) is 66.8 Å². The second-order valence-electron chi connectivity index (χ2n) is 8.46. The maximum Gasteiger partial charge on any atom is 0.322 e. The fourth-order valence-corrected chi connectivity index (χ4v) is 5.17. The van der Waals surface area contributed by atoms with Crippen molar-refractivity contribution in [3.05, 3.63) is 54.1 Å². The van der Waals surface area contributed by atoms with Crippen molar-refractivity contribution in [3.63, 3.8) is 0 Å². The first kappa shape index (κ1) is 23.0. The van der Waals surface area contributed by atoms with Crippen LogP contribution in [0.5, 0.6) is 5.75 Å². The summed E-state index contributed by atoms with van der Waals surface area (Å²) in [5, 5.41) is 4.92. The molecule has 174 valence electrons. The van der Waals surface area contributed by atoms with Crippen LogP contribution in [0.2, 0.25) is 0 Å². The molecular formula is C24H28N4O4S. The molecule has 0 aromatic heterocycles. The van der Waals surface area contributed by atoms with Crippen molar-refractivity contribution in [1.82, 2.24) is 15.5 Å². The van der Waals surface area contributed by atoms with Gasteiger partial charge < -0.3 is 19.9 Å². The van der Waals surface area contributed by atoms with Gasteiger partial charge in [-0.3, -0.25) is 14.9 Å². The first-order chi connectivity index (χ1) is 15.8. The van der Waals surface area contributed by atoms with Crippen LogP contribution in [0.1, 0.15) is 24.2 Å². The number of carbonyl (C=O) groups is 3. The summed E-state index contributed by atoms with van der Waals surface area (Å²) in [6, 6.07) is 14.8. The van der Waals surface area contributed by atoms with Gasteiger partial charge in [-0.05, 0) is 38.1 Å². The Hall–Kier alpha value is -3.20. The van der Waals surface area contributed by atoms with Gasteiger partial charge in [0.15, 0.2) is 0 Å². The molecule has 2 aliphatic rings. The minimum absolute atomic E-state index is 0.117. The molecule has 0 spiro atoms. The Morgan fingerprint density at radius 2 is 1.94 bits per heavy atom. The van der Waals surface area contributed by atoms with Gasteiger partial charge in [-0.15, -0.1) is 11.8 Å². The minimum atomic E-state index is -1.02. The van der Waals surface area contributed by atoms with Gasteiger partial charge in [0.2, 0.25) is 0 Å². The van der Waals surface area contributed by atoms with Gasteiger partial charge >= 0.3 is 6.03 Å². The number of carbonyl (C=O) groups excluding carboxylic acids is 3. The molecule has 2 heterocycles. The minimum Gasteiger partial charge on any atom is -0.485 e. The quantitative estimate of drug-likeness (QED) is 0.480. The SMILES string of the molecule is CCN1CC(CN(C)C(=O)c2ccccc2SCC2(C)NC(=O)NC2=O)Oc2ccccc21. The third kappa shape index (κ3) is 4.78. The molecule has 0 bridgehead atoms. The molecule has 9 heteroatoms. The fourth-order valence-electron chi connectivity index (χ4n) is 4.04. The third-order valence-electron chi connectivity index (χ3n) is 5.88. The van der Waals surface area contributed by atoms with Crippen LogP contribution in [0.4, 0.5) is 10.5 Å². The molecule has 1 saturated heterocycles. The monoisotopic (exact) mass is 468 g/mol. The molecule has 0 radical (unpaired) electrons. The van der Waals surface area contributed by atoms with Crippen LogP contribution in [0.3, 0.4) is 0 Å². The lowest BCUT2D eigenvalue weighted by atomic mass is 10.1. The van der Waals surface area contributed by atoms with E-state index in [9.17, 15) is 14.4 Å². The Kier molecular flexibility index (Phi) is 6.51. The lowest BCUT2D eigenvalue weighted by Crippen LogP contribution is -2.47. The Morgan fingerprint density at radius 1 is 1.21 bits per heavy atom. The number of amides is 4. The lowest BCUT2D eigenvalue weighted by molar-refractivity contribution is -0.122. The number of imide groups is 1. The second kappa shape index (κ2) is 9.35. The third-order valence-corrected chi connectivity index (χ3v) is 7.27. The largest absolute Gasteiger partial charge is 0.485 e. The van der Waals surface area contributed by atoms with Crippen LogP contribution < -0.4 is 20.3 Å². The van der Waals surface area contributed by atoms with E-state index in [1.807, 2.05) is 42.5 Å². The number of hydrogen-bond donors (Lipinski definition) is 2. The van der Waals surface area contributed by atoms with Gasteiger partial charge in [-0.25, -0.2) is 4.79 Å². The fraction of sp³-hybridized carbons (Fsp3) is 0.375. The molecule has 2 unspecified atom stereocenters. The van der Waals surface area contributed by atoms with E-state index in [4.69, 9.17) is 4.74 Å². The highest BCUT2D eigenvalue weighted by molar-refractivity contribution is 7.99. The van der Waals surface area contributed by atoms with E-state index >= 15 is 0 Å². The predicted octanol–water partition coefficient (Wildman–Crippen LogP) is 2.74. The summed E-state index contributed by atoms with van der Waals surface area (Å²) in [5.74, 6) is 0.661. The van der Waals surface area contributed by atoms with Crippen molar-refractivity contribution >= 4 is 35.3 Å². The summed E-state index contributed by atoms with van der Waals surface area (Å²) < 4.78 is 6.18. The molecule has 2 atom stereocenters. The van der Waals surface area contributed by atoms with Crippen LogP contribution in [0.25, 0.3) is 0 Å². The van der Waals surface area contributed by atoms with Crippen LogP contribution in [0, 0.1) is 0 Å². The molecule has 4 amide bonds. The number of nitrogens with one attached hydrogen (secondary N) is 2. The zero-order valence-electron chi connectivity index (χ0n) is 19.0. The summed E-state index contributed by atoms with van der Waals surface area (Å²) >= 11 is 1.37. The van der Waals surface area contributed by atoms with E-state index < -0.39 is 11.6 Å². The standard InChI is InChI=1S/C24H28N4O4S/c1-4-28-14-16(32-19-11-7-6-10-18(19)28)13-27(3)21(29)17-9-5-8-12-20(17)33-15-24(2)22(30)25-23(31)26-24/h5-12,16H,4,13-15H2,1-3H3,(H2,25,26,30,31).